The topological polar surface area (TPSA) is 66.6 Å². The second-order valence-electron chi connectivity index (χ2n) is 5.31. The average Bonchev–Trinajstić information content (AvgIpc) is 3.14. The van der Waals surface area contributed by atoms with E-state index >= 15 is 0 Å². The summed E-state index contributed by atoms with van der Waals surface area (Å²) >= 11 is 7.55. The summed E-state index contributed by atoms with van der Waals surface area (Å²) in [6, 6.07) is 0. The van der Waals surface area contributed by atoms with Crippen LogP contribution in [0.1, 0.15) is 31.4 Å². The van der Waals surface area contributed by atoms with Gasteiger partial charge in [-0.3, -0.25) is 9.20 Å². The molecular formula is C14H16ClN3O2S. The summed E-state index contributed by atoms with van der Waals surface area (Å²) in [5.41, 5.74) is 0.230. The fourth-order valence-electron chi connectivity index (χ4n) is 2.76. The van der Waals surface area contributed by atoms with E-state index in [1.165, 1.54) is 17.4 Å². The van der Waals surface area contributed by atoms with E-state index in [1.807, 2.05) is 16.0 Å². The minimum Gasteiger partial charge on any atom is -0.394 e. The van der Waals surface area contributed by atoms with E-state index in [0.29, 0.717) is 10.8 Å². The number of aliphatic hydroxyl groups is 1. The van der Waals surface area contributed by atoms with Crippen molar-refractivity contribution >= 4 is 39.9 Å². The Morgan fingerprint density at radius 3 is 3.05 bits per heavy atom. The second kappa shape index (κ2) is 5.79. The first-order chi connectivity index (χ1) is 10.1. The smallest absolute Gasteiger partial charge is 0.244 e. The number of carbonyl (C=O) groups excluding carboxylic acids is 1. The molecule has 0 saturated heterocycles. The number of nitrogens with zero attached hydrogens (tertiary/aromatic N) is 2. The summed E-state index contributed by atoms with van der Waals surface area (Å²) in [6.07, 6.45) is 8.69. The Hall–Kier alpha value is -1.37. The van der Waals surface area contributed by atoms with Gasteiger partial charge in [-0.05, 0) is 18.9 Å². The van der Waals surface area contributed by atoms with Crippen LogP contribution in [0, 0.1) is 0 Å². The number of hydrogen-bond donors (Lipinski definition) is 2. The van der Waals surface area contributed by atoms with Crippen LogP contribution in [-0.2, 0) is 4.79 Å². The zero-order chi connectivity index (χ0) is 14.9. The molecule has 1 saturated carbocycles. The number of thiazole rings is 1. The van der Waals surface area contributed by atoms with Crippen molar-refractivity contribution in [3.05, 3.63) is 28.5 Å². The van der Waals surface area contributed by atoms with Gasteiger partial charge >= 0.3 is 0 Å². The second-order valence-corrected chi connectivity index (χ2v) is 6.54. The molecule has 1 fully saturated rings. The molecule has 1 amide bonds. The van der Waals surface area contributed by atoms with Crippen molar-refractivity contribution in [2.75, 3.05) is 6.61 Å². The third-order valence-electron chi connectivity index (χ3n) is 3.90. The zero-order valence-electron chi connectivity index (χ0n) is 11.4. The Labute approximate surface area is 131 Å². The normalized spacial score (nSPS) is 17.8. The van der Waals surface area contributed by atoms with Gasteiger partial charge in [-0.15, -0.1) is 11.3 Å². The lowest BCUT2D eigenvalue weighted by Gasteiger charge is -2.27. The van der Waals surface area contributed by atoms with Crippen LogP contribution in [0.5, 0.6) is 0 Å². The lowest BCUT2D eigenvalue weighted by Crippen LogP contribution is -2.48. The number of amides is 1. The lowest BCUT2D eigenvalue weighted by molar-refractivity contribution is -0.118. The predicted molar refractivity (Wildman–Crippen MR) is 83.5 cm³/mol. The van der Waals surface area contributed by atoms with Gasteiger partial charge in [-0.2, -0.15) is 0 Å². The third kappa shape index (κ3) is 2.84. The van der Waals surface area contributed by atoms with Crippen LogP contribution in [0.25, 0.3) is 11.0 Å². The molecule has 2 heterocycles. The molecule has 2 N–H and O–H groups in total. The number of aromatic nitrogens is 2. The highest BCUT2D eigenvalue weighted by molar-refractivity contribution is 7.15. The predicted octanol–water partition coefficient (Wildman–Crippen LogP) is 2.48. The molecule has 1 aliphatic carbocycles. The molecule has 1 aliphatic rings. The van der Waals surface area contributed by atoms with Crippen LogP contribution in [0.2, 0.25) is 5.15 Å². The Balaban J connectivity index is 1.75. The molecular weight excluding hydrogens is 310 g/mol. The monoisotopic (exact) mass is 325 g/mol. The van der Waals surface area contributed by atoms with Gasteiger partial charge in [0.05, 0.1) is 17.8 Å². The van der Waals surface area contributed by atoms with E-state index < -0.39 is 5.54 Å². The van der Waals surface area contributed by atoms with Crippen molar-refractivity contribution in [3.8, 4) is 0 Å². The van der Waals surface area contributed by atoms with E-state index in [2.05, 4.69) is 10.3 Å². The molecule has 0 aliphatic heterocycles. The van der Waals surface area contributed by atoms with Crippen LogP contribution in [-0.4, -0.2) is 32.5 Å². The standard InChI is InChI=1S/C14H16ClN3O2S/c15-12-10(18-7-8-21-13(18)16-12)3-4-11(20)17-14(9-19)5-1-2-6-14/h3-4,7-8,19H,1-2,5-6,9H2,(H,17,20)/b4-3+. The number of carbonyl (C=O) groups is 1. The molecule has 21 heavy (non-hydrogen) atoms. The third-order valence-corrected chi connectivity index (χ3v) is 4.93. The summed E-state index contributed by atoms with van der Waals surface area (Å²) in [7, 11) is 0. The first-order valence-corrected chi connectivity index (χ1v) is 8.11. The van der Waals surface area contributed by atoms with Gasteiger partial charge in [0.15, 0.2) is 10.1 Å². The van der Waals surface area contributed by atoms with Crippen LogP contribution in [0.15, 0.2) is 17.7 Å². The molecule has 0 radical (unpaired) electrons. The Bertz CT molecular complexity index is 686. The van der Waals surface area contributed by atoms with Crippen LogP contribution in [0.3, 0.4) is 0 Å². The number of hydrogen-bond acceptors (Lipinski definition) is 4. The van der Waals surface area contributed by atoms with Gasteiger partial charge in [0.1, 0.15) is 0 Å². The van der Waals surface area contributed by atoms with Gasteiger partial charge in [-0.1, -0.05) is 24.4 Å². The molecule has 5 nitrogen and oxygen atoms in total. The molecule has 0 aromatic carbocycles. The van der Waals surface area contributed by atoms with Gasteiger partial charge in [-0.25, -0.2) is 4.98 Å². The SMILES string of the molecule is O=C(/C=C/c1c(Cl)nc2sccn12)NC1(CO)CCCC1. The number of aliphatic hydroxyl groups excluding tert-OH is 1. The summed E-state index contributed by atoms with van der Waals surface area (Å²) in [4.78, 5) is 17.1. The minimum absolute atomic E-state index is 0.0191. The molecule has 0 spiro atoms. The molecule has 2 aromatic heterocycles. The summed E-state index contributed by atoms with van der Waals surface area (Å²) < 4.78 is 1.84. The maximum atomic E-state index is 12.1. The molecule has 7 heteroatoms. The molecule has 2 aromatic rings. The minimum atomic E-state index is -0.458. The zero-order valence-corrected chi connectivity index (χ0v) is 13.0. The maximum absolute atomic E-state index is 12.1. The number of fused-ring (bicyclic) bond motifs is 1. The van der Waals surface area contributed by atoms with Crippen LogP contribution < -0.4 is 5.32 Å². The summed E-state index contributed by atoms with van der Waals surface area (Å²) in [5.74, 6) is -0.216. The highest BCUT2D eigenvalue weighted by Gasteiger charge is 2.34. The number of nitrogens with one attached hydrogen (secondary N) is 1. The first-order valence-electron chi connectivity index (χ1n) is 6.86. The lowest BCUT2D eigenvalue weighted by atomic mass is 9.99. The van der Waals surface area contributed by atoms with Crippen molar-refractivity contribution in [1.29, 1.82) is 0 Å². The average molecular weight is 326 g/mol. The largest absolute Gasteiger partial charge is 0.394 e. The highest BCUT2D eigenvalue weighted by Crippen LogP contribution is 2.29. The Kier molecular flexibility index (Phi) is 4.01. The van der Waals surface area contributed by atoms with E-state index in [0.717, 1.165) is 30.6 Å². The van der Waals surface area contributed by atoms with Gasteiger partial charge < -0.3 is 10.4 Å². The fraction of sp³-hybridized carbons (Fsp3) is 0.429. The van der Waals surface area contributed by atoms with Crippen LogP contribution >= 0.6 is 22.9 Å². The maximum Gasteiger partial charge on any atom is 0.244 e. The van der Waals surface area contributed by atoms with Gasteiger partial charge in [0, 0.05) is 17.7 Å². The van der Waals surface area contributed by atoms with Crippen LogP contribution in [0.4, 0.5) is 0 Å². The molecule has 0 atom stereocenters. The molecule has 112 valence electrons. The van der Waals surface area contributed by atoms with Crippen molar-refractivity contribution in [2.24, 2.45) is 0 Å². The first kappa shape index (κ1) is 14.6. The number of rotatable bonds is 4. The van der Waals surface area contributed by atoms with Crippen molar-refractivity contribution in [1.82, 2.24) is 14.7 Å². The molecule has 0 unspecified atom stereocenters. The Morgan fingerprint density at radius 2 is 2.33 bits per heavy atom. The van der Waals surface area contributed by atoms with Gasteiger partial charge in [0.25, 0.3) is 0 Å². The van der Waals surface area contributed by atoms with Crippen molar-refractivity contribution in [2.45, 2.75) is 31.2 Å². The summed E-state index contributed by atoms with van der Waals surface area (Å²) in [5, 5.41) is 14.7. The van der Waals surface area contributed by atoms with Gasteiger partial charge in [0.2, 0.25) is 5.91 Å². The van der Waals surface area contributed by atoms with E-state index in [1.54, 1.807) is 6.08 Å². The van der Waals surface area contributed by atoms with Crippen molar-refractivity contribution in [3.63, 3.8) is 0 Å². The number of halogens is 1. The van der Waals surface area contributed by atoms with E-state index in [4.69, 9.17) is 11.6 Å². The van der Waals surface area contributed by atoms with E-state index in [-0.39, 0.29) is 12.5 Å². The summed E-state index contributed by atoms with van der Waals surface area (Å²) in [6.45, 7) is -0.0191. The number of imidazole rings is 1. The highest BCUT2D eigenvalue weighted by atomic mass is 35.5. The fourth-order valence-corrected chi connectivity index (χ4v) is 3.76. The molecule has 3 rings (SSSR count). The molecule has 0 bridgehead atoms. The Morgan fingerprint density at radius 1 is 1.57 bits per heavy atom. The quantitative estimate of drug-likeness (QED) is 0.849. The van der Waals surface area contributed by atoms with E-state index in [9.17, 15) is 9.90 Å². The van der Waals surface area contributed by atoms with Crippen molar-refractivity contribution < 1.29 is 9.90 Å².